The summed E-state index contributed by atoms with van der Waals surface area (Å²) in [6, 6.07) is 14.9. The van der Waals surface area contributed by atoms with Crippen LogP contribution < -0.4 is 43.7 Å². The summed E-state index contributed by atoms with van der Waals surface area (Å²) >= 11 is 17.8. The van der Waals surface area contributed by atoms with Gasteiger partial charge in [0.15, 0.2) is 0 Å². The Morgan fingerprint density at radius 2 is 1.00 bits per heavy atom. The van der Waals surface area contributed by atoms with Gasteiger partial charge in [-0.1, -0.05) is 0 Å². The fourth-order valence-corrected chi connectivity index (χ4v) is 5.77. The Labute approximate surface area is 761 Å². The molecule has 6 aromatic rings. The number of rotatable bonds is 9. The van der Waals surface area contributed by atoms with Crippen molar-refractivity contribution in [3.63, 3.8) is 0 Å². The van der Waals surface area contributed by atoms with Gasteiger partial charge in [0.1, 0.15) is 0 Å². The number of nitrogens with one attached hydrogen (secondary N) is 4. The quantitative estimate of drug-likeness (QED) is 0.0695. The first-order chi connectivity index (χ1) is 37.8. The van der Waals surface area contributed by atoms with Crippen LogP contribution in [0.5, 0.6) is 0 Å². The standard InChI is InChI=1S/C7H4Br2N2O.C7H5BrN2O.C7H6N2O.C7H10N2.C6H2Br2N2O.C6H3BrN2O.C6H4N2O.C6H7NO.8Y/c1-11-5(2-3-8)4-6(12)7(9)10-11;1-3-5-4-6(11)7(8)9-10(5)2;1-3-6-4-7(10)5-8-9(6)2;1-3-7-5-4-6-8-9(7)2;7-2-1-4-3-5(11)6(8)10-9-4;1-2-4-3-5(10)6(7)9-8-4;1-2-5-3-6(9)4-7-8-5;1-3-6(7)4-5(2)8;;;;;;;;/h2H,1H3;1,3H,2H3;1,3,5H,2H3;1,3,8H,4,6H2,2H3;1H,(H,9,11);1-2H,(H,8,10);1-2,4H,(H,8,9);1,3H,7H2,2H3;;;;;;;;/q8*-2;;;;;;;;. The van der Waals surface area contributed by atoms with Crippen LogP contribution in [0.25, 0.3) is 36.5 Å². The number of carbonyl (C=O) groups is 1. The van der Waals surface area contributed by atoms with E-state index in [1.165, 1.54) is 57.5 Å². The molecule has 0 bridgehead atoms. The van der Waals surface area contributed by atoms with E-state index in [0.717, 1.165) is 30.9 Å². The Morgan fingerprint density at radius 1 is 0.568 bits per heavy atom. The molecule has 448 valence electrons. The minimum atomic E-state index is -0.310. The van der Waals surface area contributed by atoms with Gasteiger partial charge < -0.3 is 168 Å². The molecule has 6 aromatic heterocycles. The Hall–Kier alpha value is 1.62. The number of likely N-dealkylation sites (N-methyl/N-ethyl adjacent to an activating group) is 1. The third-order valence-electron chi connectivity index (χ3n) is 7.86. The average molecular weight is 2180 g/mol. The van der Waals surface area contributed by atoms with Gasteiger partial charge in [0.2, 0.25) is 0 Å². The van der Waals surface area contributed by atoms with Crippen molar-refractivity contribution in [3.05, 3.63) is 248 Å². The molecule has 1 aliphatic rings. The van der Waals surface area contributed by atoms with Crippen LogP contribution in [0, 0.1) is 98.0 Å². The number of ketones is 1. The van der Waals surface area contributed by atoms with Crippen molar-refractivity contribution in [1.82, 2.24) is 70.4 Å². The molecule has 1 aliphatic heterocycles. The van der Waals surface area contributed by atoms with Gasteiger partial charge in [0.25, 0.3) is 0 Å². The van der Waals surface area contributed by atoms with Crippen LogP contribution in [0.1, 0.15) is 47.5 Å². The number of hydrogen-bond donors (Lipinski definition) is 5. The molecule has 0 saturated carbocycles. The van der Waals surface area contributed by atoms with Gasteiger partial charge in [-0.15, -0.1) is 70.1 Å². The molecule has 6 N–H and O–H groups in total. The van der Waals surface area contributed by atoms with Gasteiger partial charge in [0.05, 0.1) is 51.0 Å². The molecule has 0 aromatic carbocycles. The summed E-state index contributed by atoms with van der Waals surface area (Å²) in [5.74, 6) is -0.218. The topological polar surface area (TPSA) is 300 Å². The molecular weight excluding hydrogens is 2140 g/mol. The van der Waals surface area contributed by atoms with E-state index in [1.54, 1.807) is 33.3 Å². The predicted molar refractivity (Wildman–Crippen MR) is 322 cm³/mol. The number of nitrogens with zero attached hydrogens (tertiary/aromatic N) is 10. The number of Topliss-reactive ketones (excluding diaryl/α,β-unsaturated/α-hetero) is 1. The third-order valence-corrected chi connectivity index (χ3v) is 10.4. The number of aromatic nitrogens is 12. The number of nitrogens with two attached hydrogens (primary N) is 1. The van der Waals surface area contributed by atoms with E-state index in [9.17, 15) is 33.6 Å². The van der Waals surface area contributed by atoms with Crippen LogP contribution in [0.4, 0.5) is 0 Å². The van der Waals surface area contributed by atoms with Crippen LogP contribution >= 0.6 is 95.6 Å². The molecule has 0 fully saturated rings. The molecule has 8 radical (unpaired) electrons. The van der Waals surface area contributed by atoms with Gasteiger partial charge in [-0.2, -0.15) is 0 Å². The number of H-pyrrole nitrogens is 3. The monoisotopic (exact) mass is 2170 g/mol. The molecule has 0 saturated heterocycles. The summed E-state index contributed by atoms with van der Waals surface area (Å²) in [6.07, 6.45) is 19.4. The predicted octanol–water partition coefficient (Wildman–Crippen LogP) is 5.32. The van der Waals surface area contributed by atoms with E-state index in [0.29, 0.717) is 34.2 Å². The molecule has 22 nitrogen and oxygen atoms in total. The molecule has 0 unspecified atom stereocenters. The summed E-state index contributed by atoms with van der Waals surface area (Å²) in [6.45, 7) is 33.0. The van der Waals surface area contributed by atoms with Crippen molar-refractivity contribution >= 4 is 138 Å². The summed E-state index contributed by atoms with van der Waals surface area (Å²) < 4.78 is 5.40. The minimum absolute atomic E-state index is 0. The van der Waals surface area contributed by atoms with Gasteiger partial charge in [-0.3, -0.25) is 43.1 Å². The zero-order valence-electron chi connectivity index (χ0n) is 46.9. The van der Waals surface area contributed by atoms with Crippen molar-refractivity contribution in [2.24, 2.45) is 26.9 Å². The maximum absolute atomic E-state index is 11.0. The largest absolute Gasteiger partial charge is 0.509 e. The van der Waals surface area contributed by atoms with Crippen LogP contribution in [-0.2, 0) is 288 Å². The van der Waals surface area contributed by atoms with Crippen molar-refractivity contribution in [3.8, 4) is 0 Å². The maximum Gasteiger partial charge on any atom is 0.0854 e. The van der Waals surface area contributed by atoms with Crippen LogP contribution in [0.2, 0.25) is 0 Å². The Morgan fingerprint density at radius 3 is 1.38 bits per heavy atom. The van der Waals surface area contributed by atoms with Gasteiger partial charge >= 0.3 is 0 Å². The summed E-state index contributed by atoms with van der Waals surface area (Å²) in [4.78, 5) is 79.9. The summed E-state index contributed by atoms with van der Waals surface area (Å²) in [7, 11) is 7.01. The minimum Gasteiger partial charge on any atom is -0.509 e. The number of halogens is 6. The SMILES string of the molecule is Cn1nc(Br)c(=O)[c-]c1C=[C-]Br.O=c1[c-]c(C=[C-]Br)[nH]nc1Br.[CH-]=CC(N)=[C-]C(C)=O.[CH-]=CC1=[C-]CCNN1C.[CH-]=Cc1[c-]c(=O)c(Br)n[nH]1.[CH-]=Cc1[c-]c(=O)c(Br)nn1C.[CH-]=Cc1[c-]c(=O)cn[nH]1.[CH-]=Cc1[c-]c(=O)cnn1C.[Y].[Y].[Y].[Y].[Y].[Y].[Y].[Y]. The van der Waals surface area contributed by atoms with Gasteiger partial charge in [-0.25, -0.2) is 123 Å². The summed E-state index contributed by atoms with van der Waals surface area (Å²) in [5, 5.41) is 31.5. The molecule has 0 amide bonds. The smallest absolute Gasteiger partial charge is 0.0854 e. The number of allylic oxidation sites excluding steroid dienone is 3. The molecule has 0 spiro atoms. The molecule has 36 heteroatoms. The number of hydrazine groups is 1. The first kappa shape index (κ1) is 108. The molecule has 7 heterocycles. The Balaban J connectivity index is -0.000000115. The molecule has 88 heavy (non-hydrogen) atoms. The average Bonchev–Trinajstić information content (AvgIpc) is 3.42. The van der Waals surface area contributed by atoms with Gasteiger partial charge in [0, 0.05) is 296 Å². The number of aryl methyl sites for hydroxylation is 3. The summed E-state index contributed by atoms with van der Waals surface area (Å²) in [5.41, 5.74) is 10.4. The van der Waals surface area contributed by atoms with E-state index in [4.69, 9.17) is 45.2 Å². The molecular formula is C52H41Br6N15O7Y8-16. The number of aromatic amines is 3. The Kier molecular flexibility index (Phi) is 79.5. The van der Waals surface area contributed by atoms with Crippen molar-refractivity contribution in [2.75, 3.05) is 13.6 Å². The van der Waals surface area contributed by atoms with E-state index >= 15 is 0 Å². The van der Waals surface area contributed by atoms with Crippen molar-refractivity contribution in [2.45, 2.75) is 13.3 Å². The number of hydrogen-bond acceptors (Lipinski definition) is 16. The second-order valence-electron chi connectivity index (χ2n) is 13.6. The first-order valence-electron chi connectivity index (χ1n) is 21.1. The fourth-order valence-electron chi connectivity index (χ4n) is 4.27. The second-order valence-corrected chi connectivity index (χ2v) is 17.5. The van der Waals surface area contributed by atoms with E-state index in [1.807, 2.05) is 12.1 Å². The molecule has 0 atom stereocenters. The van der Waals surface area contributed by atoms with Crippen molar-refractivity contribution in [1.29, 1.82) is 0 Å². The Bertz CT molecular complexity index is 3600. The van der Waals surface area contributed by atoms with Crippen LogP contribution in [-0.4, -0.2) is 84.3 Å². The second kappa shape index (κ2) is 64.6. The van der Waals surface area contributed by atoms with Crippen molar-refractivity contribution < 1.29 is 266 Å². The fraction of sp³-hybridized carbons (Fsp3) is 0.135. The van der Waals surface area contributed by atoms with Crippen LogP contribution in [0.3, 0.4) is 0 Å². The number of carbonyl (C=O) groups excluding carboxylic acids is 1. The van der Waals surface area contributed by atoms with E-state index in [2.05, 4.69) is 205 Å². The zero-order chi connectivity index (χ0) is 60.9. The molecule has 7 rings (SSSR count). The van der Waals surface area contributed by atoms with Gasteiger partial charge in [-0.05, 0) is 25.9 Å². The van der Waals surface area contributed by atoms with Crippen LogP contribution in [0.15, 0.2) is 83.1 Å². The maximum atomic E-state index is 11.0. The molecule has 0 aliphatic carbocycles. The van der Waals surface area contributed by atoms with E-state index in [-0.39, 0.29) is 324 Å². The zero-order valence-corrected chi connectivity index (χ0v) is 79.2. The first-order valence-corrected chi connectivity index (χ1v) is 25.9. The normalized spacial score (nSPS) is 10.0. The third kappa shape index (κ3) is 49.2. The van der Waals surface area contributed by atoms with E-state index < -0.39 is 0 Å².